The van der Waals surface area contributed by atoms with Gasteiger partial charge in [-0.25, -0.2) is 0 Å². The second kappa shape index (κ2) is 4.55. The van der Waals surface area contributed by atoms with Gasteiger partial charge >= 0.3 is 0 Å². The van der Waals surface area contributed by atoms with Gasteiger partial charge in [-0.15, -0.1) is 0 Å². The third kappa shape index (κ3) is 2.23. The molecule has 1 atom stereocenters. The fourth-order valence-electron chi connectivity index (χ4n) is 1.80. The average Bonchev–Trinajstić information content (AvgIpc) is 2.65. The Morgan fingerprint density at radius 2 is 2.12 bits per heavy atom. The Kier molecular flexibility index (Phi) is 3.26. The van der Waals surface area contributed by atoms with Crippen molar-refractivity contribution in [1.82, 2.24) is 0 Å². The van der Waals surface area contributed by atoms with Gasteiger partial charge in [0.25, 0.3) is 0 Å². The van der Waals surface area contributed by atoms with Crippen molar-refractivity contribution < 1.29 is 14.7 Å². The van der Waals surface area contributed by atoms with Crippen LogP contribution in [0.2, 0.25) is 10.0 Å². The van der Waals surface area contributed by atoms with Crippen LogP contribution in [0.1, 0.15) is 6.42 Å². The number of benzene rings is 1. The molecule has 1 aromatic carbocycles. The number of halogens is 2. The van der Waals surface area contributed by atoms with E-state index in [0.29, 0.717) is 10.7 Å². The number of anilines is 1. The fourth-order valence-corrected chi connectivity index (χ4v) is 2.20. The van der Waals surface area contributed by atoms with Crippen LogP contribution in [-0.2, 0) is 9.59 Å². The molecule has 0 saturated carbocycles. The molecule has 0 N–H and O–H groups in total. The zero-order valence-corrected chi connectivity index (χ0v) is 10.2. The molecule has 0 aromatic heterocycles. The molecule has 0 aliphatic carbocycles. The van der Waals surface area contributed by atoms with Crippen LogP contribution < -0.4 is 10.0 Å². The summed E-state index contributed by atoms with van der Waals surface area (Å²) in [7, 11) is 0. The molecule has 1 aromatic rings. The predicted molar refractivity (Wildman–Crippen MR) is 61.9 cm³/mol. The third-order valence-corrected chi connectivity index (χ3v) is 3.49. The summed E-state index contributed by atoms with van der Waals surface area (Å²) in [5.41, 5.74) is 0.438. The van der Waals surface area contributed by atoms with E-state index in [0.717, 1.165) is 0 Å². The summed E-state index contributed by atoms with van der Waals surface area (Å²) in [6.45, 7) is 0.0707. The van der Waals surface area contributed by atoms with Crippen LogP contribution in [0.15, 0.2) is 18.2 Å². The number of hydrogen-bond acceptors (Lipinski definition) is 3. The standard InChI is InChI=1S/C11H9Cl2NO3/c12-7-2-1-3-8(10(7)13)14-5-6(11(16)17)4-9(14)15/h1-3,6H,4-5H2,(H,16,17)/p-1/t6-/m0/s1. The first-order valence-corrected chi connectivity index (χ1v) is 5.71. The van der Waals surface area contributed by atoms with E-state index >= 15 is 0 Å². The highest BCUT2D eigenvalue weighted by atomic mass is 35.5. The number of carbonyl (C=O) groups excluding carboxylic acids is 2. The lowest BCUT2D eigenvalue weighted by molar-refractivity contribution is -0.310. The summed E-state index contributed by atoms with van der Waals surface area (Å²) in [4.78, 5) is 23.7. The van der Waals surface area contributed by atoms with Crippen LogP contribution >= 0.6 is 23.2 Å². The molecule has 1 aliphatic rings. The fraction of sp³-hybridized carbons (Fsp3) is 0.273. The molecule has 17 heavy (non-hydrogen) atoms. The number of hydrogen-bond donors (Lipinski definition) is 0. The summed E-state index contributed by atoms with van der Waals surface area (Å²) in [5, 5.41) is 11.3. The van der Waals surface area contributed by atoms with Crippen LogP contribution in [0.4, 0.5) is 5.69 Å². The molecule has 1 heterocycles. The highest BCUT2D eigenvalue weighted by Gasteiger charge is 2.32. The molecule has 6 heteroatoms. The Bertz CT molecular complexity index is 490. The van der Waals surface area contributed by atoms with Gasteiger partial charge in [0, 0.05) is 24.9 Å². The highest BCUT2D eigenvalue weighted by Crippen LogP contribution is 2.35. The topological polar surface area (TPSA) is 60.4 Å². The maximum Gasteiger partial charge on any atom is 0.227 e. The lowest BCUT2D eigenvalue weighted by atomic mass is 10.1. The van der Waals surface area contributed by atoms with Crippen molar-refractivity contribution in [1.29, 1.82) is 0 Å². The molecular formula is C11H8Cl2NO3-. The lowest BCUT2D eigenvalue weighted by Gasteiger charge is -2.18. The van der Waals surface area contributed by atoms with Gasteiger partial charge in [-0.05, 0) is 12.1 Å². The minimum atomic E-state index is -1.22. The first-order chi connectivity index (χ1) is 8.00. The first-order valence-electron chi connectivity index (χ1n) is 4.96. The van der Waals surface area contributed by atoms with Crippen molar-refractivity contribution >= 4 is 40.8 Å². The average molecular weight is 273 g/mol. The van der Waals surface area contributed by atoms with Gasteiger partial charge in [0.1, 0.15) is 0 Å². The largest absolute Gasteiger partial charge is 0.550 e. The minimum absolute atomic E-state index is 0.0643. The van der Waals surface area contributed by atoms with E-state index in [1.54, 1.807) is 18.2 Å². The lowest BCUT2D eigenvalue weighted by Crippen LogP contribution is -2.33. The van der Waals surface area contributed by atoms with Crippen LogP contribution in [0, 0.1) is 5.92 Å². The van der Waals surface area contributed by atoms with E-state index in [9.17, 15) is 14.7 Å². The second-order valence-electron chi connectivity index (χ2n) is 3.80. The summed E-state index contributed by atoms with van der Waals surface area (Å²) in [6, 6.07) is 4.89. The van der Waals surface area contributed by atoms with Crippen LogP contribution in [0.25, 0.3) is 0 Å². The number of nitrogens with zero attached hydrogens (tertiary/aromatic N) is 1. The number of amides is 1. The van der Waals surface area contributed by atoms with Gasteiger partial charge in [-0.1, -0.05) is 29.3 Å². The van der Waals surface area contributed by atoms with Crippen molar-refractivity contribution in [2.45, 2.75) is 6.42 Å². The second-order valence-corrected chi connectivity index (χ2v) is 4.58. The molecule has 1 amide bonds. The molecule has 2 rings (SSSR count). The monoisotopic (exact) mass is 272 g/mol. The van der Waals surface area contributed by atoms with E-state index in [-0.39, 0.29) is 23.9 Å². The van der Waals surface area contributed by atoms with Gasteiger partial charge < -0.3 is 14.8 Å². The van der Waals surface area contributed by atoms with Crippen molar-refractivity contribution in [2.75, 3.05) is 11.4 Å². The number of carboxylic acids is 1. The molecular weight excluding hydrogens is 265 g/mol. The van der Waals surface area contributed by atoms with Crippen LogP contribution in [0.3, 0.4) is 0 Å². The Morgan fingerprint density at radius 1 is 1.41 bits per heavy atom. The van der Waals surface area contributed by atoms with Crippen molar-refractivity contribution in [3.63, 3.8) is 0 Å². The molecule has 1 aliphatic heterocycles. The Balaban J connectivity index is 2.32. The molecule has 0 spiro atoms. The zero-order valence-electron chi connectivity index (χ0n) is 8.65. The number of carbonyl (C=O) groups is 2. The van der Waals surface area contributed by atoms with Crippen molar-refractivity contribution in [2.24, 2.45) is 5.92 Å². The third-order valence-electron chi connectivity index (χ3n) is 2.68. The Morgan fingerprint density at radius 3 is 2.71 bits per heavy atom. The van der Waals surface area contributed by atoms with Gasteiger partial charge in [-0.2, -0.15) is 0 Å². The molecule has 0 radical (unpaired) electrons. The maximum atomic E-state index is 11.7. The quantitative estimate of drug-likeness (QED) is 0.810. The number of rotatable bonds is 2. The van der Waals surface area contributed by atoms with Gasteiger partial charge in [0.2, 0.25) is 5.91 Å². The smallest absolute Gasteiger partial charge is 0.227 e. The van der Waals surface area contributed by atoms with E-state index < -0.39 is 11.9 Å². The molecule has 0 unspecified atom stereocenters. The van der Waals surface area contributed by atoms with Crippen LogP contribution in [0.5, 0.6) is 0 Å². The van der Waals surface area contributed by atoms with E-state index in [1.165, 1.54) is 4.90 Å². The molecule has 1 fully saturated rings. The molecule has 0 bridgehead atoms. The highest BCUT2D eigenvalue weighted by molar-refractivity contribution is 6.44. The molecule has 90 valence electrons. The number of aliphatic carboxylic acids is 1. The molecule has 1 saturated heterocycles. The first kappa shape index (κ1) is 12.2. The summed E-state index contributed by atoms with van der Waals surface area (Å²) in [6.07, 6.45) is -0.0643. The van der Waals surface area contributed by atoms with Crippen LogP contribution in [-0.4, -0.2) is 18.4 Å². The Labute approximate surface area is 108 Å². The maximum absolute atomic E-state index is 11.7. The number of carboxylic acid groups (broad SMARTS) is 1. The van der Waals surface area contributed by atoms with Crippen molar-refractivity contribution in [3.8, 4) is 0 Å². The minimum Gasteiger partial charge on any atom is -0.550 e. The zero-order chi connectivity index (χ0) is 12.6. The predicted octanol–water partition coefficient (Wildman–Crippen LogP) is 1.10. The molecule has 4 nitrogen and oxygen atoms in total. The van der Waals surface area contributed by atoms with E-state index in [2.05, 4.69) is 0 Å². The summed E-state index contributed by atoms with van der Waals surface area (Å²) >= 11 is 11.8. The van der Waals surface area contributed by atoms with E-state index in [1.807, 2.05) is 0 Å². The van der Waals surface area contributed by atoms with Crippen molar-refractivity contribution in [3.05, 3.63) is 28.2 Å². The summed E-state index contributed by atoms with van der Waals surface area (Å²) < 4.78 is 0. The van der Waals surface area contributed by atoms with Gasteiger partial charge in [-0.3, -0.25) is 4.79 Å². The van der Waals surface area contributed by atoms with Gasteiger partial charge in [0.15, 0.2) is 0 Å². The Hall–Kier alpha value is -1.26. The normalized spacial score (nSPS) is 19.8. The van der Waals surface area contributed by atoms with Gasteiger partial charge in [0.05, 0.1) is 15.7 Å². The van der Waals surface area contributed by atoms with E-state index in [4.69, 9.17) is 23.2 Å². The summed E-state index contributed by atoms with van der Waals surface area (Å²) in [5.74, 6) is -2.31. The SMILES string of the molecule is O=C([O-])[C@H]1CC(=O)N(c2cccc(Cl)c2Cl)C1.